The van der Waals surface area contributed by atoms with E-state index in [-0.39, 0.29) is 22.9 Å². The van der Waals surface area contributed by atoms with Crippen LogP contribution in [0.2, 0.25) is 0 Å². The minimum atomic E-state index is -4.09. The second-order valence-electron chi connectivity index (χ2n) is 6.12. The Labute approximate surface area is 166 Å². The number of benzene rings is 2. The summed E-state index contributed by atoms with van der Waals surface area (Å²) >= 11 is 0. The van der Waals surface area contributed by atoms with Crippen molar-refractivity contribution in [3.05, 3.63) is 54.0 Å². The van der Waals surface area contributed by atoms with Gasteiger partial charge in [0, 0.05) is 28.2 Å². The van der Waals surface area contributed by atoms with E-state index in [9.17, 15) is 17.6 Å². The number of pyridine rings is 1. The van der Waals surface area contributed by atoms with Crippen molar-refractivity contribution >= 4 is 32.4 Å². The van der Waals surface area contributed by atoms with Crippen molar-refractivity contribution in [2.24, 2.45) is 5.14 Å². The highest BCUT2D eigenvalue weighted by Crippen LogP contribution is 2.32. The number of carbonyl (C=O) groups excluding carboxylic acids is 1. The van der Waals surface area contributed by atoms with Gasteiger partial charge in [0.25, 0.3) is 0 Å². The maximum Gasteiger partial charge on any atom is 0.238 e. The van der Waals surface area contributed by atoms with Crippen LogP contribution in [0, 0.1) is 5.82 Å². The Morgan fingerprint density at radius 2 is 1.90 bits per heavy atom. The van der Waals surface area contributed by atoms with Crippen molar-refractivity contribution in [2.75, 3.05) is 19.5 Å². The van der Waals surface area contributed by atoms with Crippen LogP contribution in [-0.2, 0) is 21.2 Å². The predicted octanol–water partition coefficient (Wildman–Crippen LogP) is 2.22. The standard InChI is InChI=1S/C19H18FN3O5S/c1-27-16-4-3-12(20)7-11(16)8-18(24)23-13-9-15-14(5-6-22-19(15)28-2)17(10-13)29(21,25)26/h3-7,9-10H,8H2,1-2H3,(H,23,24)(H2,21,25,26). The summed E-state index contributed by atoms with van der Waals surface area (Å²) in [5.74, 6) is -0.477. The Bertz CT molecular complexity index is 1200. The number of carbonyl (C=O) groups is 1. The summed E-state index contributed by atoms with van der Waals surface area (Å²) in [6.45, 7) is 0. The highest BCUT2D eigenvalue weighted by atomic mass is 32.2. The average Bonchev–Trinajstić information content (AvgIpc) is 2.66. The summed E-state index contributed by atoms with van der Waals surface area (Å²) in [5.41, 5.74) is 0.518. The second kappa shape index (κ2) is 8.02. The highest BCUT2D eigenvalue weighted by molar-refractivity contribution is 7.89. The van der Waals surface area contributed by atoms with E-state index in [2.05, 4.69) is 10.3 Å². The fourth-order valence-corrected chi connectivity index (χ4v) is 3.73. The van der Waals surface area contributed by atoms with Gasteiger partial charge in [0.1, 0.15) is 11.6 Å². The maximum absolute atomic E-state index is 13.5. The van der Waals surface area contributed by atoms with Crippen LogP contribution in [0.3, 0.4) is 0 Å². The van der Waals surface area contributed by atoms with E-state index in [1.54, 1.807) is 0 Å². The van der Waals surface area contributed by atoms with Crippen molar-refractivity contribution in [1.82, 2.24) is 4.98 Å². The van der Waals surface area contributed by atoms with Crippen molar-refractivity contribution in [3.63, 3.8) is 0 Å². The number of halogens is 1. The van der Waals surface area contributed by atoms with E-state index in [1.807, 2.05) is 0 Å². The Morgan fingerprint density at radius 3 is 2.55 bits per heavy atom. The highest BCUT2D eigenvalue weighted by Gasteiger charge is 2.18. The van der Waals surface area contributed by atoms with Crippen LogP contribution in [0.15, 0.2) is 47.5 Å². The number of anilines is 1. The molecule has 29 heavy (non-hydrogen) atoms. The molecule has 1 heterocycles. The molecule has 0 radical (unpaired) electrons. The van der Waals surface area contributed by atoms with E-state index in [0.717, 1.165) is 0 Å². The van der Waals surface area contributed by atoms with E-state index in [4.69, 9.17) is 14.6 Å². The lowest BCUT2D eigenvalue weighted by Gasteiger charge is -2.13. The first-order valence-electron chi connectivity index (χ1n) is 8.34. The number of ether oxygens (including phenoxy) is 2. The molecule has 0 spiro atoms. The number of rotatable bonds is 6. The number of hydrogen-bond donors (Lipinski definition) is 2. The number of hydrogen-bond acceptors (Lipinski definition) is 6. The summed E-state index contributed by atoms with van der Waals surface area (Å²) < 4.78 is 47.9. The molecule has 0 fully saturated rings. The zero-order valence-corrected chi connectivity index (χ0v) is 16.4. The van der Waals surface area contributed by atoms with Gasteiger partial charge in [-0.3, -0.25) is 4.79 Å². The average molecular weight is 419 g/mol. The molecule has 0 bridgehead atoms. The maximum atomic E-state index is 13.5. The summed E-state index contributed by atoms with van der Waals surface area (Å²) in [6, 6.07) is 8.10. The van der Waals surface area contributed by atoms with Gasteiger partial charge in [-0.2, -0.15) is 0 Å². The molecule has 8 nitrogen and oxygen atoms in total. The van der Waals surface area contributed by atoms with Crippen LogP contribution < -0.4 is 19.9 Å². The van der Waals surface area contributed by atoms with Crippen LogP contribution in [-0.4, -0.2) is 33.5 Å². The van der Waals surface area contributed by atoms with Crippen LogP contribution in [0.5, 0.6) is 11.6 Å². The number of methoxy groups -OCH3 is 2. The van der Waals surface area contributed by atoms with E-state index < -0.39 is 21.7 Å². The van der Waals surface area contributed by atoms with Gasteiger partial charge in [0.05, 0.1) is 25.5 Å². The van der Waals surface area contributed by atoms with Gasteiger partial charge in [-0.05, 0) is 36.4 Å². The van der Waals surface area contributed by atoms with Gasteiger partial charge in [0.15, 0.2) is 0 Å². The minimum absolute atomic E-state index is 0.174. The summed E-state index contributed by atoms with van der Waals surface area (Å²) in [7, 11) is -1.29. The van der Waals surface area contributed by atoms with Crippen molar-refractivity contribution in [2.45, 2.75) is 11.3 Å². The number of amides is 1. The molecule has 0 saturated heterocycles. The lowest BCUT2D eigenvalue weighted by atomic mass is 10.1. The third kappa shape index (κ3) is 4.44. The molecule has 3 rings (SSSR count). The van der Waals surface area contributed by atoms with Gasteiger partial charge in [0.2, 0.25) is 21.8 Å². The smallest absolute Gasteiger partial charge is 0.238 e. The Hall–Kier alpha value is -3.24. The Morgan fingerprint density at radius 1 is 1.14 bits per heavy atom. The second-order valence-corrected chi connectivity index (χ2v) is 7.65. The Kier molecular flexibility index (Phi) is 5.66. The van der Waals surface area contributed by atoms with Crippen molar-refractivity contribution < 1.29 is 27.1 Å². The lowest BCUT2D eigenvalue weighted by molar-refractivity contribution is -0.115. The predicted molar refractivity (Wildman–Crippen MR) is 105 cm³/mol. The molecular formula is C19H18FN3O5S. The van der Waals surface area contributed by atoms with Gasteiger partial charge in [-0.25, -0.2) is 22.9 Å². The number of sulfonamides is 1. The Balaban J connectivity index is 2.00. The molecule has 3 N–H and O–H groups in total. The first-order valence-corrected chi connectivity index (χ1v) is 9.89. The number of aromatic nitrogens is 1. The van der Waals surface area contributed by atoms with Crippen LogP contribution in [0.4, 0.5) is 10.1 Å². The first kappa shape index (κ1) is 20.5. The fraction of sp³-hybridized carbons (Fsp3) is 0.158. The molecular weight excluding hydrogens is 401 g/mol. The van der Waals surface area contributed by atoms with Gasteiger partial charge in [-0.15, -0.1) is 0 Å². The molecule has 2 aromatic carbocycles. The number of nitrogens with zero attached hydrogens (tertiary/aromatic N) is 1. The molecule has 152 valence electrons. The third-order valence-electron chi connectivity index (χ3n) is 4.18. The topological polar surface area (TPSA) is 121 Å². The van der Waals surface area contributed by atoms with Crippen LogP contribution >= 0.6 is 0 Å². The van der Waals surface area contributed by atoms with E-state index >= 15 is 0 Å². The van der Waals surface area contributed by atoms with Crippen LogP contribution in [0.25, 0.3) is 10.8 Å². The molecule has 0 atom stereocenters. The summed E-state index contributed by atoms with van der Waals surface area (Å²) in [4.78, 5) is 16.4. The monoisotopic (exact) mass is 419 g/mol. The lowest BCUT2D eigenvalue weighted by Crippen LogP contribution is -2.17. The summed E-state index contributed by atoms with van der Waals surface area (Å²) in [5, 5.41) is 8.60. The van der Waals surface area contributed by atoms with Crippen LogP contribution in [0.1, 0.15) is 5.56 Å². The zero-order chi connectivity index (χ0) is 21.2. The van der Waals surface area contributed by atoms with Gasteiger partial charge in [-0.1, -0.05) is 0 Å². The molecule has 0 aliphatic heterocycles. The SMILES string of the molecule is COc1ccc(F)cc1CC(=O)Nc1cc(S(N)(=O)=O)c2ccnc(OC)c2c1. The summed E-state index contributed by atoms with van der Waals surface area (Å²) in [6.07, 6.45) is 1.21. The first-order chi connectivity index (χ1) is 13.7. The molecule has 0 aliphatic rings. The molecule has 1 amide bonds. The quantitative estimate of drug-likeness (QED) is 0.632. The number of primary sulfonamides is 1. The van der Waals surface area contributed by atoms with Crippen molar-refractivity contribution in [1.29, 1.82) is 0 Å². The normalized spacial score (nSPS) is 11.3. The molecule has 0 aliphatic carbocycles. The minimum Gasteiger partial charge on any atom is -0.496 e. The van der Waals surface area contributed by atoms with Crippen molar-refractivity contribution in [3.8, 4) is 11.6 Å². The number of nitrogens with one attached hydrogen (secondary N) is 1. The molecule has 0 unspecified atom stereocenters. The van der Waals surface area contributed by atoms with Gasteiger partial charge < -0.3 is 14.8 Å². The van der Waals surface area contributed by atoms with E-state index in [0.29, 0.717) is 22.1 Å². The van der Waals surface area contributed by atoms with Gasteiger partial charge >= 0.3 is 0 Å². The molecule has 1 aromatic heterocycles. The largest absolute Gasteiger partial charge is 0.496 e. The fourth-order valence-electron chi connectivity index (χ4n) is 2.96. The zero-order valence-electron chi connectivity index (χ0n) is 15.6. The molecule has 10 heteroatoms. The number of nitrogens with two attached hydrogens (primary N) is 1. The third-order valence-corrected chi connectivity index (χ3v) is 5.13. The number of fused-ring (bicyclic) bond motifs is 1. The molecule has 3 aromatic rings. The molecule has 0 saturated carbocycles. The van der Waals surface area contributed by atoms with E-state index in [1.165, 1.54) is 56.8 Å².